The summed E-state index contributed by atoms with van der Waals surface area (Å²) in [5, 5.41) is 0.254. The molecule has 0 saturated carbocycles. The van der Waals surface area contributed by atoms with Crippen LogP contribution >= 0.6 is 0 Å². The minimum atomic E-state index is 0.254. The summed E-state index contributed by atoms with van der Waals surface area (Å²) in [5.41, 5.74) is 0. The number of rotatable bonds is 6. The first-order valence-corrected chi connectivity index (χ1v) is 8.64. The van der Waals surface area contributed by atoms with E-state index in [9.17, 15) is 0 Å². The van der Waals surface area contributed by atoms with Crippen molar-refractivity contribution in [3.05, 3.63) is 0 Å². The molecule has 4 atom stereocenters. The third kappa shape index (κ3) is 3.97. The summed E-state index contributed by atoms with van der Waals surface area (Å²) in [4.78, 5) is 0. The summed E-state index contributed by atoms with van der Waals surface area (Å²) in [6.07, 6.45) is 5.94. The highest BCUT2D eigenvalue weighted by Crippen LogP contribution is 2.56. The van der Waals surface area contributed by atoms with Crippen LogP contribution in [0.5, 0.6) is 0 Å². The minimum Gasteiger partial charge on any atom is -0.373 e. The quantitative estimate of drug-likeness (QED) is 0.417. The lowest BCUT2D eigenvalue weighted by atomic mass is 8.75. The molecule has 12 heteroatoms. The fourth-order valence-electron chi connectivity index (χ4n) is 3.95. The van der Waals surface area contributed by atoms with E-state index in [2.05, 4.69) is 63.8 Å². The second-order valence-electron chi connectivity index (χ2n) is 7.00. The highest BCUT2D eigenvalue weighted by Gasteiger charge is 2.53. The average Bonchev–Trinajstić information content (AvgIpc) is 3.38. The number of ether oxygens (including phenoxy) is 2. The Morgan fingerprint density at radius 1 is 0.864 bits per heavy atom. The van der Waals surface area contributed by atoms with Crippen molar-refractivity contribution in [2.75, 3.05) is 13.2 Å². The molecule has 5 aliphatic rings. The number of hydrogen-bond acceptors (Lipinski definition) is 2. The first-order chi connectivity index (χ1) is 10.9. The van der Waals surface area contributed by atoms with E-state index in [0.717, 1.165) is 13.2 Å². The summed E-state index contributed by atoms with van der Waals surface area (Å²) in [5.74, 6) is 0.711. The van der Waals surface area contributed by atoms with Gasteiger partial charge in [-0.05, 0) is 12.8 Å². The second kappa shape index (κ2) is 7.21. The van der Waals surface area contributed by atoms with Gasteiger partial charge in [0.15, 0.2) is 0 Å². The molecule has 2 bridgehead atoms. The highest BCUT2D eigenvalue weighted by atomic mass is 16.6. The first-order valence-electron chi connectivity index (χ1n) is 8.64. The number of hydrogen-bond donors (Lipinski definition) is 0. The van der Waals surface area contributed by atoms with E-state index in [1.165, 1.54) is 25.7 Å². The summed E-state index contributed by atoms with van der Waals surface area (Å²) in [7, 11) is 20.3. The maximum absolute atomic E-state index is 5.43. The molecule has 0 unspecified atom stereocenters. The van der Waals surface area contributed by atoms with Gasteiger partial charge in [-0.3, -0.25) is 0 Å². The van der Waals surface area contributed by atoms with Gasteiger partial charge in [0.25, 0.3) is 0 Å². The maximum atomic E-state index is 5.43. The Balaban J connectivity index is 1.40. The first kappa shape index (κ1) is 16.1. The van der Waals surface area contributed by atoms with Gasteiger partial charge in [-0.2, -0.15) is 0 Å². The normalized spacial score (nSPS) is 38.2. The molecule has 9 radical (unpaired) electrons. The highest BCUT2D eigenvalue weighted by molar-refractivity contribution is 7.73. The van der Waals surface area contributed by atoms with Crippen molar-refractivity contribution in [3.8, 4) is 0 Å². The van der Waals surface area contributed by atoms with Crippen LogP contribution in [0.2, 0.25) is 11.0 Å². The van der Waals surface area contributed by atoms with Crippen LogP contribution in [0.1, 0.15) is 25.7 Å². The zero-order valence-electron chi connectivity index (χ0n) is 13.1. The van der Waals surface area contributed by atoms with Crippen LogP contribution in [-0.2, 0) is 9.47 Å². The fraction of sp³-hybridized carbons (Fsp3) is 1.00. The Labute approximate surface area is 142 Å². The molecule has 5 heterocycles. The summed E-state index contributed by atoms with van der Waals surface area (Å²) >= 11 is 0. The molecule has 0 aromatic rings. The summed E-state index contributed by atoms with van der Waals surface area (Å²) in [6, 6.07) is 0. The van der Waals surface area contributed by atoms with Gasteiger partial charge in [0.1, 0.15) is 0 Å². The Hall–Kier alpha value is 0.569. The van der Waals surface area contributed by atoms with E-state index in [1.807, 2.05) is 0 Å². The molecule has 0 N–H and O–H groups in total. The zero-order valence-corrected chi connectivity index (χ0v) is 13.1. The van der Waals surface area contributed by atoms with Crippen LogP contribution in [0, 0.1) is 0 Å². The molecule has 0 aromatic heterocycles. The molecule has 22 heavy (non-hydrogen) atoms. The molecule has 5 saturated heterocycles. The van der Waals surface area contributed by atoms with E-state index < -0.39 is 0 Å². The van der Waals surface area contributed by atoms with Crippen molar-refractivity contribution in [3.63, 3.8) is 0 Å². The second-order valence-corrected chi connectivity index (χ2v) is 7.00. The number of fused-ring (bicyclic) bond motifs is 7. The average molecular weight is 275 g/mol. The predicted molar refractivity (Wildman–Crippen MR) is 102 cm³/mol. The van der Waals surface area contributed by atoms with Crippen molar-refractivity contribution < 1.29 is 9.47 Å². The van der Waals surface area contributed by atoms with Crippen LogP contribution in [0.3, 0.4) is 0 Å². The summed E-state index contributed by atoms with van der Waals surface area (Å²) < 4.78 is 10.9. The summed E-state index contributed by atoms with van der Waals surface area (Å²) in [6.45, 7) is 2.54. The van der Waals surface area contributed by atoms with E-state index in [-0.39, 0.29) is 5.21 Å². The smallest absolute Gasteiger partial charge is 0.0809 e. The van der Waals surface area contributed by atoms with Crippen molar-refractivity contribution in [2.45, 2.75) is 48.9 Å². The lowest BCUT2D eigenvalue weighted by molar-refractivity contribution is 0.370. The maximum Gasteiger partial charge on any atom is 0.0809 e. The van der Waals surface area contributed by atoms with Crippen LogP contribution in [0.15, 0.2) is 0 Å². The minimum absolute atomic E-state index is 0.254. The molecular weight excluding hydrogens is 260 g/mol. The Morgan fingerprint density at radius 3 is 2.32 bits per heavy atom. The van der Waals surface area contributed by atoms with Gasteiger partial charge >= 0.3 is 0 Å². The molecule has 97 valence electrons. The van der Waals surface area contributed by atoms with Crippen LogP contribution < -0.4 is 0 Å². The Kier molecular flexibility index (Phi) is 5.27. The molecule has 2 nitrogen and oxygen atoms in total. The van der Waals surface area contributed by atoms with E-state index in [1.54, 1.807) is 0 Å². The van der Waals surface area contributed by atoms with Gasteiger partial charge in [0, 0.05) is 49.4 Å². The SMILES string of the molecule is [B]1[B][B][B][B][C@@]2(CC[C@H]3CO3)[B]B([B][B][B]1)[C@H]2CC[C@@H]1CO1. The lowest BCUT2D eigenvalue weighted by Gasteiger charge is -2.57. The van der Waals surface area contributed by atoms with Crippen LogP contribution in [-0.4, -0.2) is 95.7 Å². The largest absolute Gasteiger partial charge is 0.373 e. The molecule has 0 spiro atoms. The molecule has 5 aliphatic heterocycles. The van der Waals surface area contributed by atoms with Crippen LogP contribution in [0.25, 0.3) is 0 Å². The van der Waals surface area contributed by atoms with Gasteiger partial charge in [-0.1, -0.05) is 18.7 Å². The van der Waals surface area contributed by atoms with Gasteiger partial charge < -0.3 is 9.47 Å². The van der Waals surface area contributed by atoms with Crippen molar-refractivity contribution in [2.24, 2.45) is 0 Å². The number of epoxide rings is 2. The van der Waals surface area contributed by atoms with Gasteiger partial charge in [0.2, 0.25) is 0 Å². The molecule has 0 aromatic carbocycles. The van der Waals surface area contributed by atoms with E-state index in [0.29, 0.717) is 24.5 Å². The monoisotopic (exact) mass is 277 g/mol. The topological polar surface area (TPSA) is 25.1 Å². The van der Waals surface area contributed by atoms with Crippen molar-refractivity contribution in [1.29, 1.82) is 0 Å². The Morgan fingerprint density at radius 2 is 1.55 bits per heavy atom. The van der Waals surface area contributed by atoms with Crippen molar-refractivity contribution >= 4 is 70.3 Å². The third-order valence-electron chi connectivity index (χ3n) is 5.46. The molecule has 5 rings (SSSR count). The fourth-order valence-corrected chi connectivity index (χ4v) is 3.95. The van der Waals surface area contributed by atoms with Gasteiger partial charge in [0.05, 0.1) is 46.3 Å². The van der Waals surface area contributed by atoms with E-state index in [4.69, 9.17) is 9.47 Å². The lowest BCUT2D eigenvalue weighted by Crippen LogP contribution is -2.62. The van der Waals surface area contributed by atoms with Crippen LogP contribution in [0.4, 0.5) is 0 Å². The Bertz CT molecular complexity index is 377. The van der Waals surface area contributed by atoms with Gasteiger partial charge in [-0.15, -0.1) is 5.21 Å². The predicted octanol–water partition coefficient (Wildman–Crippen LogP) is -1.91. The molecule has 5 fully saturated rings. The standard InChI is InChI=1S/C10H15B10O2/c1(7-5-21-7)2-9-10(4-3-8-6-22-8)11-13-14-15-16-17-18-19-20(9)12-10/h7-9H,1-6H2/t7-,8+,9+,10+/m1/s1. The van der Waals surface area contributed by atoms with Crippen molar-refractivity contribution in [1.82, 2.24) is 0 Å². The third-order valence-corrected chi connectivity index (χ3v) is 5.46. The molecule has 0 amide bonds. The molecule has 0 aliphatic carbocycles. The van der Waals surface area contributed by atoms with E-state index >= 15 is 0 Å². The molecular formula is C10H15B10O2. The van der Waals surface area contributed by atoms with Gasteiger partial charge in [-0.25, -0.2) is 0 Å². The zero-order chi connectivity index (χ0) is 14.8.